The Hall–Kier alpha value is -1.32. The molecule has 112 valence electrons. The van der Waals surface area contributed by atoms with Crippen LogP contribution in [0.5, 0.6) is 5.75 Å². The minimum absolute atomic E-state index is 0.0999. The molecule has 5 nitrogen and oxygen atoms in total. The van der Waals surface area contributed by atoms with Crippen molar-refractivity contribution >= 4 is 10.0 Å². The molecule has 0 bridgehead atoms. The van der Waals surface area contributed by atoms with Gasteiger partial charge in [0.25, 0.3) is 10.0 Å². The zero-order valence-corrected chi connectivity index (χ0v) is 11.1. The Balaban J connectivity index is 2.36. The first-order valence-electron chi connectivity index (χ1n) is 5.81. The Bertz CT molecular complexity index is 567. The van der Waals surface area contributed by atoms with Crippen molar-refractivity contribution in [2.75, 3.05) is 13.2 Å². The number of hydroxylamine groups is 1. The van der Waals surface area contributed by atoms with E-state index in [1.165, 1.54) is 12.1 Å². The average Bonchev–Trinajstić information content (AvgIpc) is 2.38. The maximum atomic E-state index is 12.3. The van der Waals surface area contributed by atoms with Crippen LogP contribution in [0.2, 0.25) is 0 Å². The fourth-order valence-electron chi connectivity index (χ4n) is 1.75. The Kier molecular flexibility index (Phi) is 4.21. The van der Waals surface area contributed by atoms with Crippen molar-refractivity contribution in [3.8, 4) is 5.75 Å². The molecule has 2 rings (SSSR count). The second kappa shape index (κ2) is 5.58. The van der Waals surface area contributed by atoms with Gasteiger partial charge in [0, 0.05) is 6.54 Å². The molecule has 0 atom stereocenters. The monoisotopic (exact) mass is 311 g/mol. The smallest absolute Gasteiger partial charge is 0.404 e. The van der Waals surface area contributed by atoms with E-state index in [0.29, 0.717) is 17.3 Å². The minimum Gasteiger partial charge on any atom is -0.404 e. The van der Waals surface area contributed by atoms with Gasteiger partial charge in [-0.3, -0.25) is 4.84 Å². The summed E-state index contributed by atoms with van der Waals surface area (Å²) in [5, 5.41) is 0. The first kappa shape index (κ1) is 15.1. The fourth-order valence-corrected chi connectivity index (χ4v) is 3.16. The minimum atomic E-state index is -4.96. The van der Waals surface area contributed by atoms with Gasteiger partial charge in [-0.2, -0.15) is 0 Å². The van der Waals surface area contributed by atoms with Crippen molar-refractivity contribution < 1.29 is 31.2 Å². The summed E-state index contributed by atoms with van der Waals surface area (Å²) in [6.45, 7) is 0.310. The van der Waals surface area contributed by atoms with Crippen molar-refractivity contribution in [3.05, 3.63) is 24.3 Å². The highest BCUT2D eigenvalue weighted by Crippen LogP contribution is 2.31. The van der Waals surface area contributed by atoms with Crippen molar-refractivity contribution in [3.63, 3.8) is 0 Å². The van der Waals surface area contributed by atoms with Crippen LogP contribution < -0.4 is 4.74 Å². The molecule has 9 heteroatoms. The Morgan fingerprint density at radius 2 is 1.90 bits per heavy atom. The number of hydrogen-bond acceptors (Lipinski definition) is 4. The van der Waals surface area contributed by atoms with Crippen LogP contribution >= 0.6 is 0 Å². The molecule has 1 aromatic rings. The van der Waals surface area contributed by atoms with E-state index in [9.17, 15) is 21.6 Å². The highest BCUT2D eigenvalue weighted by Gasteiger charge is 2.36. The van der Waals surface area contributed by atoms with Gasteiger partial charge >= 0.3 is 6.36 Å². The summed E-state index contributed by atoms with van der Waals surface area (Å²) in [4.78, 5) is 4.42. The number of ether oxygens (including phenoxy) is 1. The highest BCUT2D eigenvalue weighted by molar-refractivity contribution is 7.89. The van der Waals surface area contributed by atoms with E-state index in [1.807, 2.05) is 0 Å². The molecule has 0 saturated carbocycles. The molecule has 0 amide bonds. The van der Waals surface area contributed by atoms with Crippen LogP contribution in [0.3, 0.4) is 0 Å². The van der Waals surface area contributed by atoms with Gasteiger partial charge in [0.2, 0.25) is 0 Å². The Morgan fingerprint density at radius 1 is 1.20 bits per heavy atom. The highest BCUT2D eigenvalue weighted by atomic mass is 32.2. The van der Waals surface area contributed by atoms with Crippen LogP contribution in [0.25, 0.3) is 0 Å². The van der Waals surface area contributed by atoms with Gasteiger partial charge in [-0.25, -0.2) is 8.42 Å². The molecule has 1 saturated heterocycles. The Labute approximate surface area is 113 Å². The number of alkyl halides is 3. The van der Waals surface area contributed by atoms with Gasteiger partial charge in [-0.1, -0.05) is 16.6 Å². The molecule has 0 aliphatic carbocycles. The molecule has 1 aliphatic heterocycles. The molecule has 0 aromatic heterocycles. The van der Waals surface area contributed by atoms with Crippen molar-refractivity contribution in [1.29, 1.82) is 0 Å². The van der Waals surface area contributed by atoms with Crippen LogP contribution in [-0.2, 0) is 14.9 Å². The van der Waals surface area contributed by atoms with E-state index in [0.717, 1.165) is 12.1 Å². The summed E-state index contributed by atoms with van der Waals surface area (Å²) in [6.07, 6.45) is -3.68. The summed E-state index contributed by atoms with van der Waals surface area (Å²) in [7, 11) is -4.18. The maximum Gasteiger partial charge on any atom is 0.573 e. The summed E-state index contributed by atoms with van der Waals surface area (Å²) in [5.41, 5.74) is 0. The number of benzene rings is 1. The van der Waals surface area contributed by atoms with Crippen molar-refractivity contribution in [2.45, 2.75) is 24.1 Å². The average molecular weight is 311 g/mol. The summed E-state index contributed by atoms with van der Waals surface area (Å²) in [6, 6.07) is 4.58. The van der Waals surface area contributed by atoms with Crippen molar-refractivity contribution in [2.24, 2.45) is 0 Å². The molecule has 1 heterocycles. The lowest BCUT2D eigenvalue weighted by Gasteiger charge is -2.26. The zero-order chi connectivity index (χ0) is 14.8. The number of para-hydroxylation sites is 1. The number of rotatable bonds is 3. The van der Waals surface area contributed by atoms with E-state index in [-0.39, 0.29) is 13.2 Å². The molecule has 1 aliphatic rings. The van der Waals surface area contributed by atoms with Crippen LogP contribution in [0.15, 0.2) is 29.2 Å². The van der Waals surface area contributed by atoms with Crippen LogP contribution in [0, 0.1) is 0 Å². The molecular weight excluding hydrogens is 299 g/mol. The quantitative estimate of drug-likeness (QED) is 0.859. The standard InChI is InChI=1S/C11H12F3NO4S/c12-11(13,14)19-9-5-1-2-6-10(9)20(16,17)15-7-3-4-8-18-15/h1-2,5-6H,3-4,7-8H2. The number of nitrogens with zero attached hydrogens (tertiary/aromatic N) is 1. The van der Waals surface area contributed by atoms with Crippen molar-refractivity contribution in [1.82, 2.24) is 4.47 Å². The molecule has 0 unspecified atom stereocenters. The summed E-state index contributed by atoms with van der Waals surface area (Å²) >= 11 is 0. The van der Waals surface area contributed by atoms with E-state index in [1.54, 1.807) is 0 Å². The third-order valence-electron chi connectivity index (χ3n) is 2.59. The van der Waals surface area contributed by atoms with Gasteiger partial charge in [0.05, 0.1) is 6.61 Å². The largest absolute Gasteiger partial charge is 0.573 e. The second-order valence-electron chi connectivity index (χ2n) is 4.07. The third-order valence-corrected chi connectivity index (χ3v) is 4.31. The van der Waals surface area contributed by atoms with Gasteiger partial charge in [-0.15, -0.1) is 13.2 Å². The first-order valence-corrected chi connectivity index (χ1v) is 7.25. The lowest BCUT2D eigenvalue weighted by atomic mass is 10.3. The lowest BCUT2D eigenvalue weighted by molar-refractivity contribution is -0.275. The van der Waals surface area contributed by atoms with Gasteiger partial charge in [0.1, 0.15) is 10.6 Å². The van der Waals surface area contributed by atoms with Gasteiger partial charge < -0.3 is 4.74 Å². The van der Waals surface area contributed by atoms with E-state index < -0.39 is 27.0 Å². The molecule has 0 N–H and O–H groups in total. The zero-order valence-electron chi connectivity index (χ0n) is 10.3. The van der Waals surface area contributed by atoms with Gasteiger partial charge in [0.15, 0.2) is 0 Å². The molecule has 1 fully saturated rings. The molecule has 20 heavy (non-hydrogen) atoms. The summed E-state index contributed by atoms with van der Waals surface area (Å²) < 4.78 is 65.8. The first-order chi connectivity index (χ1) is 9.31. The predicted octanol–water partition coefficient (Wildman–Crippen LogP) is 2.30. The van der Waals surface area contributed by atoms with E-state index in [2.05, 4.69) is 4.74 Å². The van der Waals surface area contributed by atoms with Crippen LogP contribution in [0.4, 0.5) is 13.2 Å². The third kappa shape index (κ3) is 3.41. The van der Waals surface area contributed by atoms with Gasteiger partial charge in [-0.05, 0) is 25.0 Å². The van der Waals surface area contributed by atoms with Crippen LogP contribution in [0.1, 0.15) is 12.8 Å². The topological polar surface area (TPSA) is 55.8 Å². The maximum absolute atomic E-state index is 12.3. The van der Waals surface area contributed by atoms with Crippen LogP contribution in [-0.4, -0.2) is 32.4 Å². The SMILES string of the molecule is O=S(=O)(c1ccccc1OC(F)(F)F)N1CCCCO1. The number of hydrogen-bond donors (Lipinski definition) is 0. The molecule has 1 aromatic carbocycles. The molecule has 0 radical (unpaired) electrons. The number of halogens is 3. The lowest BCUT2D eigenvalue weighted by Crippen LogP contribution is -2.36. The Morgan fingerprint density at radius 3 is 2.50 bits per heavy atom. The molecular formula is C11H12F3NO4S. The number of sulfonamides is 1. The summed E-state index contributed by atoms with van der Waals surface area (Å²) in [5.74, 6) is -0.769. The second-order valence-corrected chi connectivity index (χ2v) is 5.86. The fraction of sp³-hybridized carbons (Fsp3) is 0.455. The normalized spacial score (nSPS) is 17.9. The van der Waals surface area contributed by atoms with E-state index >= 15 is 0 Å². The predicted molar refractivity (Wildman–Crippen MR) is 62.2 cm³/mol. The van der Waals surface area contributed by atoms with E-state index in [4.69, 9.17) is 4.84 Å². The molecule has 0 spiro atoms.